The van der Waals surface area contributed by atoms with E-state index in [-0.39, 0.29) is 51.0 Å². The highest BCUT2D eigenvalue weighted by molar-refractivity contribution is 5.80. The first kappa shape index (κ1) is 63.3. The van der Waals surface area contributed by atoms with Crippen molar-refractivity contribution < 1.29 is 62.4 Å². The van der Waals surface area contributed by atoms with Gasteiger partial charge in [0.2, 0.25) is 5.91 Å². The summed E-state index contributed by atoms with van der Waals surface area (Å²) in [5.74, 6) is -2.95. The minimum absolute atomic E-state index is 0.00828. The lowest BCUT2D eigenvalue weighted by atomic mass is 10.0. The van der Waals surface area contributed by atoms with Gasteiger partial charge < -0.3 is 39.4 Å². The molecule has 2 amide bonds. The zero-order chi connectivity index (χ0) is 54.7. The lowest BCUT2D eigenvalue weighted by Crippen LogP contribution is -2.54. The molecular formula is C53H90N6O13. The van der Waals surface area contributed by atoms with Crippen LogP contribution in [-0.2, 0) is 65.3 Å². The number of aliphatic carboxylic acids is 1. The maximum absolute atomic E-state index is 13.7. The van der Waals surface area contributed by atoms with Gasteiger partial charge in [-0.15, -0.1) is 0 Å². The summed E-state index contributed by atoms with van der Waals surface area (Å²) >= 11 is 0. The third-order valence-corrected chi connectivity index (χ3v) is 10.6. The predicted molar refractivity (Wildman–Crippen MR) is 274 cm³/mol. The van der Waals surface area contributed by atoms with Gasteiger partial charge in [-0.1, -0.05) is 24.3 Å². The molecule has 72 heavy (non-hydrogen) atoms. The van der Waals surface area contributed by atoms with Gasteiger partial charge in [-0.05, 0) is 147 Å². The fourth-order valence-electron chi connectivity index (χ4n) is 7.69. The van der Waals surface area contributed by atoms with Crippen LogP contribution in [0.4, 0.5) is 4.79 Å². The molecule has 0 radical (unpaired) electrons. The van der Waals surface area contributed by atoms with Crippen molar-refractivity contribution in [3.8, 4) is 0 Å². The number of ether oxygens (including phenoxy) is 5. The molecule has 0 bridgehead atoms. The number of esters is 4. The number of nitrogens with one attached hydrogen (secondary N) is 2. The number of benzene rings is 1. The van der Waals surface area contributed by atoms with Crippen molar-refractivity contribution in [2.24, 2.45) is 0 Å². The summed E-state index contributed by atoms with van der Waals surface area (Å²) in [4.78, 5) is 98.4. The summed E-state index contributed by atoms with van der Waals surface area (Å²) < 4.78 is 28.3. The van der Waals surface area contributed by atoms with Crippen molar-refractivity contribution in [2.45, 2.75) is 182 Å². The van der Waals surface area contributed by atoms with E-state index in [0.29, 0.717) is 78.0 Å². The zero-order valence-electron chi connectivity index (χ0n) is 46.3. The molecular weight excluding hydrogens is 929 g/mol. The van der Waals surface area contributed by atoms with Crippen LogP contribution in [-0.4, -0.2) is 185 Å². The quantitative estimate of drug-likeness (QED) is 0.0847. The number of carboxylic acids is 1. The number of nitrogens with zero attached hydrogens (tertiary/aromatic N) is 4. The van der Waals surface area contributed by atoms with E-state index in [1.54, 1.807) is 20.8 Å². The standard InChI is InChI=1S/C53H90N6O13/c1-49(2,3)68-43(61)34-56-26-27-57(35-44(62)69-50(4,5)6)30-31-59(37-46(64)71-52(10,11)12)40(33-58(29-28-56)36-45(63)70-51(7,8)9)32-39-21-19-38(20-22-39)23-24-42(60)54-25-17-16-18-41(47(65)66)55-48(67)72-53(13,14)15/h19-22,40-41H,16-18,23-37H2,1-15H3,(H,54,60)(H,55,67)(H,65,66)/t40?,41-/m0/s1. The van der Waals surface area contributed by atoms with Gasteiger partial charge in [0, 0.05) is 64.8 Å². The number of rotatable bonds is 20. The van der Waals surface area contributed by atoms with Crippen LogP contribution in [0, 0.1) is 0 Å². The highest BCUT2D eigenvalue weighted by Crippen LogP contribution is 2.19. The maximum Gasteiger partial charge on any atom is 0.408 e. The number of unbranched alkanes of at least 4 members (excludes halogenated alkanes) is 1. The van der Waals surface area contributed by atoms with E-state index in [1.807, 2.05) is 122 Å². The molecule has 1 aromatic carbocycles. The maximum atomic E-state index is 13.7. The summed E-state index contributed by atoms with van der Waals surface area (Å²) in [7, 11) is 0. The number of amides is 2. The summed E-state index contributed by atoms with van der Waals surface area (Å²) in [6.45, 7) is 29.6. The molecule has 1 aliphatic rings. The Bertz CT molecular complexity index is 1910. The average molecular weight is 1020 g/mol. The number of carbonyl (C=O) groups excluding carboxylic acids is 6. The number of hydrogen-bond donors (Lipinski definition) is 3. The number of hydrogen-bond acceptors (Lipinski definition) is 16. The minimum atomic E-state index is -1.16. The van der Waals surface area contributed by atoms with E-state index >= 15 is 0 Å². The van der Waals surface area contributed by atoms with E-state index in [1.165, 1.54) is 0 Å². The van der Waals surface area contributed by atoms with Crippen LogP contribution in [0.15, 0.2) is 24.3 Å². The second-order valence-electron chi connectivity index (χ2n) is 23.7. The molecule has 1 heterocycles. The first-order valence-electron chi connectivity index (χ1n) is 25.4. The van der Waals surface area contributed by atoms with E-state index in [4.69, 9.17) is 23.7 Å². The molecule has 2 atom stereocenters. The van der Waals surface area contributed by atoms with Crippen molar-refractivity contribution in [3.63, 3.8) is 0 Å². The van der Waals surface area contributed by atoms with Gasteiger partial charge in [-0.2, -0.15) is 0 Å². The number of aryl methyl sites for hydroxylation is 1. The minimum Gasteiger partial charge on any atom is -0.480 e. The fraction of sp³-hybridized carbons (Fsp3) is 0.755. The summed E-state index contributed by atoms with van der Waals surface area (Å²) in [6, 6.07) is 6.45. The molecule has 1 fully saturated rings. The molecule has 0 spiro atoms. The Balaban J connectivity index is 2.40. The molecule has 0 aliphatic carbocycles. The topological polar surface area (TPSA) is 223 Å². The Hall–Kier alpha value is -4.85. The van der Waals surface area contributed by atoms with Crippen molar-refractivity contribution in [1.29, 1.82) is 0 Å². The second kappa shape index (κ2) is 28.6. The van der Waals surface area contributed by atoms with Gasteiger partial charge >= 0.3 is 35.9 Å². The summed E-state index contributed by atoms with van der Waals surface area (Å²) in [6.07, 6.45) is 1.52. The number of alkyl carbamates (subject to hydrolysis) is 1. The van der Waals surface area contributed by atoms with Gasteiger partial charge in [0.1, 0.15) is 34.0 Å². The molecule has 2 rings (SSSR count). The Morgan fingerprint density at radius 2 is 0.958 bits per heavy atom. The van der Waals surface area contributed by atoms with Gasteiger partial charge in [-0.25, -0.2) is 9.59 Å². The van der Waals surface area contributed by atoms with Crippen LogP contribution in [0.3, 0.4) is 0 Å². The van der Waals surface area contributed by atoms with Gasteiger partial charge in [0.15, 0.2) is 0 Å². The van der Waals surface area contributed by atoms with Crippen molar-refractivity contribution in [2.75, 3.05) is 78.5 Å². The van der Waals surface area contributed by atoms with E-state index < -0.39 is 70.0 Å². The predicted octanol–water partition coefficient (Wildman–Crippen LogP) is 5.38. The Morgan fingerprint density at radius 1 is 0.556 bits per heavy atom. The lowest BCUT2D eigenvalue weighted by Gasteiger charge is -2.39. The molecule has 19 nitrogen and oxygen atoms in total. The van der Waals surface area contributed by atoms with Crippen molar-refractivity contribution >= 4 is 41.8 Å². The first-order valence-corrected chi connectivity index (χ1v) is 25.4. The third-order valence-electron chi connectivity index (χ3n) is 10.6. The van der Waals surface area contributed by atoms with Crippen LogP contribution < -0.4 is 10.6 Å². The Labute approximate surface area is 429 Å². The van der Waals surface area contributed by atoms with Crippen LogP contribution in [0.5, 0.6) is 0 Å². The molecule has 1 aliphatic heterocycles. The SMILES string of the molecule is CC(C)(C)OC(=O)CN1CCN(CC(=O)OC(C)(C)C)CCN(CC(=O)OC(C)(C)C)C(Cc2ccc(CCC(=O)NCCCC[C@H](NC(=O)OC(C)(C)C)C(=O)O)cc2)CN(CC(=O)OC(C)(C)C)CC1. The molecule has 0 aromatic heterocycles. The highest BCUT2D eigenvalue weighted by atomic mass is 16.6. The van der Waals surface area contributed by atoms with E-state index in [0.717, 1.165) is 11.1 Å². The largest absolute Gasteiger partial charge is 0.480 e. The molecule has 19 heteroatoms. The van der Waals surface area contributed by atoms with Crippen molar-refractivity contribution in [1.82, 2.24) is 30.2 Å². The highest BCUT2D eigenvalue weighted by Gasteiger charge is 2.31. The molecule has 410 valence electrons. The van der Waals surface area contributed by atoms with E-state index in [9.17, 15) is 38.7 Å². The molecule has 1 aromatic rings. The second-order valence-corrected chi connectivity index (χ2v) is 23.7. The Kier molecular flexibility index (Phi) is 25.1. The molecule has 1 saturated heterocycles. The van der Waals surface area contributed by atoms with E-state index in [2.05, 4.69) is 15.5 Å². The van der Waals surface area contributed by atoms with Crippen LogP contribution in [0.25, 0.3) is 0 Å². The fourth-order valence-corrected chi connectivity index (χ4v) is 7.69. The smallest absolute Gasteiger partial charge is 0.408 e. The van der Waals surface area contributed by atoms with Crippen LogP contribution in [0.2, 0.25) is 0 Å². The monoisotopic (exact) mass is 1020 g/mol. The zero-order valence-corrected chi connectivity index (χ0v) is 46.3. The molecule has 1 unspecified atom stereocenters. The Morgan fingerprint density at radius 3 is 1.40 bits per heavy atom. The number of carbonyl (C=O) groups is 7. The normalized spacial score (nSPS) is 17.1. The lowest BCUT2D eigenvalue weighted by molar-refractivity contribution is -0.160. The van der Waals surface area contributed by atoms with Gasteiger partial charge in [0.05, 0.1) is 26.2 Å². The molecule has 3 N–H and O–H groups in total. The van der Waals surface area contributed by atoms with Crippen LogP contribution in [0.1, 0.15) is 141 Å². The van der Waals surface area contributed by atoms with Gasteiger partial charge in [-0.3, -0.25) is 43.6 Å². The number of carboxylic acid groups (broad SMARTS) is 1. The summed E-state index contributed by atoms with van der Waals surface area (Å²) in [5, 5.41) is 14.8. The van der Waals surface area contributed by atoms with Crippen molar-refractivity contribution in [3.05, 3.63) is 35.4 Å². The van der Waals surface area contributed by atoms with Crippen LogP contribution >= 0.6 is 0 Å². The summed E-state index contributed by atoms with van der Waals surface area (Å²) in [5.41, 5.74) is -1.76. The third kappa shape index (κ3) is 30.2. The average Bonchev–Trinajstić information content (AvgIpc) is 3.17. The van der Waals surface area contributed by atoms with Gasteiger partial charge in [0.25, 0.3) is 0 Å². The molecule has 0 saturated carbocycles. The first-order chi connectivity index (χ1) is 33.0.